The molecule has 0 aliphatic heterocycles. The SMILES string of the molecule is C=C/C=C(\N=C(C)CC)C(F)(F)F. The lowest BCUT2D eigenvalue weighted by atomic mass is 10.3. The number of rotatable bonds is 3. The first kappa shape index (κ1) is 11.9. The maximum absolute atomic E-state index is 12.2. The molecule has 0 radical (unpaired) electrons. The maximum Gasteiger partial charge on any atom is 0.433 e. The standard InChI is InChI=1S/C9H12F3N/c1-4-6-8(9(10,11)12)13-7(3)5-2/h4,6H,1,5H2,2-3H3/b8-6-,13-7?. The van der Waals surface area contributed by atoms with E-state index in [0.717, 1.165) is 12.2 Å². The van der Waals surface area contributed by atoms with Crippen LogP contribution in [0.3, 0.4) is 0 Å². The Labute approximate surface area is 75.7 Å². The van der Waals surface area contributed by atoms with Gasteiger partial charge in [-0.05, 0) is 19.4 Å². The zero-order valence-corrected chi connectivity index (χ0v) is 7.65. The number of hydrogen-bond donors (Lipinski definition) is 0. The highest BCUT2D eigenvalue weighted by atomic mass is 19.4. The summed E-state index contributed by atoms with van der Waals surface area (Å²) >= 11 is 0. The van der Waals surface area contributed by atoms with Crippen LogP contribution >= 0.6 is 0 Å². The molecule has 74 valence electrons. The van der Waals surface area contributed by atoms with Crippen molar-refractivity contribution in [3.8, 4) is 0 Å². The van der Waals surface area contributed by atoms with E-state index in [0.29, 0.717) is 12.1 Å². The number of hydrogen-bond acceptors (Lipinski definition) is 1. The highest BCUT2D eigenvalue weighted by molar-refractivity contribution is 5.82. The van der Waals surface area contributed by atoms with Crippen molar-refractivity contribution in [2.45, 2.75) is 26.4 Å². The number of aliphatic imine (C=N–C) groups is 1. The molecule has 0 rings (SSSR count). The van der Waals surface area contributed by atoms with E-state index >= 15 is 0 Å². The summed E-state index contributed by atoms with van der Waals surface area (Å²) in [7, 11) is 0. The zero-order chi connectivity index (χ0) is 10.5. The Morgan fingerprint density at radius 3 is 2.31 bits per heavy atom. The monoisotopic (exact) mass is 191 g/mol. The Morgan fingerprint density at radius 1 is 1.46 bits per heavy atom. The van der Waals surface area contributed by atoms with Gasteiger partial charge in [0.1, 0.15) is 5.70 Å². The van der Waals surface area contributed by atoms with E-state index in [2.05, 4.69) is 11.6 Å². The highest BCUT2D eigenvalue weighted by Gasteiger charge is 2.33. The van der Waals surface area contributed by atoms with Crippen LogP contribution in [-0.2, 0) is 0 Å². The lowest BCUT2D eigenvalue weighted by Gasteiger charge is -2.06. The first-order valence-corrected chi connectivity index (χ1v) is 3.86. The molecule has 13 heavy (non-hydrogen) atoms. The van der Waals surface area contributed by atoms with E-state index in [1.807, 2.05) is 0 Å². The van der Waals surface area contributed by atoms with Crippen molar-refractivity contribution < 1.29 is 13.2 Å². The second-order valence-electron chi connectivity index (χ2n) is 2.49. The summed E-state index contributed by atoms with van der Waals surface area (Å²) in [5.41, 5.74) is -0.452. The van der Waals surface area contributed by atoms with Crippen molar-refractivity contribution in [2.75, 3.05) is 0 Å². The number of allylic oxidation sites excluding steroid dienone is 3. The number of alkyl halides is 3. The maximum atomic E-state index is 12.2. The second-order valence-corrected chi connectivity index (χ2v) is 2.49. The van der Waals surface area contributed by atoms with Crippen LogP contribution in [-0.4, -0.2) is 11.9 Å². The van der Waals surface area contributed by atoms with Crippen LogP contribution in [0.15, 0.2) is 29.4 Å². The fourth-order valence-electron chi connectivity index (χ4n) is 0.591. The van der Waals surface area contributed by atoms with Crippen molar-refractivity contribution in [3.63, 3.8) is 0 Å². The van der Waals surface area contributed by atoms with Gasteiger partial charge in [-0.1, -0.05) is 19.6 Å². The van der Waals surface area contributed by atoms with Crippen molar-refractivity contribution in [1.82, 2.24) is 0 Å². The molecule has 0 N–H and O–H groups in total. The molecule has 0 aromatic carbocycles. The molecule has 0 fully saturated rings. The van der Waals surface area contributed by atoms with Crippen LogP contribution in [0.25, 0.3) is 0 Å². The van der Waals surface area contributed by atoms with Crippen LogP contribution in [0, 0.1) is 0 Å². The van der Waals surface area contributed by atoms with E-state index < -0.39 is 11.9 Å². The molecule has 0 aromatic heterocycles. The summed E-state index contributed by atoms with van der Waals surface area (Å²) in [6, 6.07) is 0. The molecule has 0 spiro atoms. The Kier molecular flexibility index (Phi) is 4.45. The third-order valence-electron chi connectivity index (χ3n) is 1.39. The molecule has 1 nitrogen and oxygen atoms in total. The van der Waals surface area contributed by atoms with Crippen molar-refractivity contribution >= 4 is 5.71 Å². The van der Waals surface area contributed by atoms with Gasteiger partial charge in [-0.25, -0.2) is 0 Å². The van der Waals surface area contributed by atoms with Crippen LogP contribution in [0.4, 0.5) is 13.2 Å². The van der Waals surface area contributed by atoms with Crippen LogP contribution in [0.5, 0.6) is 0 Å². The van der Waals surface area contributed by atoms with Gasteiger partial charge in [-0.3, -0.25) is 4.99 Å². The first-order chi connectivity index (χ1) is 5.91. The smallest absolute Gasteiger partial charge is 0.253 e. The van der Waals surface area contributed by atoms with Gasteiger partial charge in [0.2, 0.25) is 0 Å². The van der Waals surface area contributed by atoms with Gasteiger partial charge in [0.15, 0.2) is 0 Å². The highest BCUT2D eigenvalue weighted by Crippen LogP contribution is 2.26. The molecule has 0 aromatic rings. The lowest BCUT2D eigenvalue weighted by molar-refractivity contribution is -0.0923. The van der Waals surface area contributed by atoms with Crippen molar-refractivity contribution in [3.05, 3.63) is 24.4 Å². The molecular weight excluding hydrogens is 179 g/mol. The van der Waals surface area contributed by atoms with Crippen molar-refractivity contribution in [2.24, 2.45) is 4.99 Å². The molecule has 0 aliphatic carbocycles. The lowest BCUT2D eigenvalue weighted by Crippen LogP contribution is -2.11. The molecule has 4 heteroatoms. The minimum Gasteiger partial charge on any atom is -0.253 e. The summed E-state index contributed by atoms with van der Waals surface area (Å²) in [5, 5.41) is 0. The third-order valence-corrected chi connectivity index (χ3v) is 1.39. The Balaban J connectivity index is 4.86. The fourth-order valence-corrected chi connectivity index (χ4v) is 0.591. The predicted molar refractivity (Wildman–Crippen MR) is 47.7 cm³/mol. The van der Waals surface area contributed by atoms with Gasteiger partial charge < -0.3 is 0 Å². The van der Waals surface area contributed by atoms with E-state index in [-0.39, 0.29) is 0 Å². The molecule has 0 bridgehead atoms. The van der Waals surface area contributed by atoms with E-state index in [1.165, 1.54) is 0 Å². The summed E-state index contributed by atoms with van der Waals surface area (Å²) in [5.74, 6) is 0. The number of nitrogens with zero attached hydrogens (tertiary/aromatic N) is 1. The van der Waals surface area contributed by atoms with Gasteiger partial charge in [0.05, 0.1) is 0 Å². The molecule has 0 heterocycles. The van der Waals surface area contributed by atoms with E-state index in [1.54, 1.807) is 13.8 Å². The predicted octanol–water partition coefficient (Wildman–Crippen LogP) is 3.49. The third kappa shape index (κ3) is 4.50. The fraction of sp³-hybridized carbons (Fsp3) is 0.444. The van der Waals surface area contributed by atoms with Gasteiger partial charge in [0, 0.05) is 5.71 Å². The normalized spacial score (nSPS) is 14.5. The molecule has 0 atom stereocenters. The Morgan fingerprint density at radius 2 is 2.00 bits per heavy atom. The minimum atomic E-state index is -4.40. The topological polar surface area (TPSA) is 12.4 Å². The van der Waals surface area contributed by atoms with Gasteiger partial charge in [-0.2, -0.15) is 13.2 Å². The van der Waals surface area contributed by atoms with E-state index in [9.17, 15) is 13.2 Å². The molecule has 0 amide bonds. The molecule has 0 saturated heterocycles. The first-order valence-electron chi connectivity index (χ1n) is 3.86. The summed E-state index contributed by atoms with van der Waals surface area (Å²) in [6.07, 6.45) is -1.95. The van der Waals surface area contributed by atoms with Gasteiger partial charge in [-0.15, -0.1) is 0 Å². The summed E-state index contributed by atoms with van der Waals surface area (Å²) < 4.78 is 36.5. The van der Waals surface area contributed by atoms with Crippen LogP contribution in [0.1, 0.15) is 20.3 Å². The summed E-state index contributed by atoms with van der Waals surface area (Å²) in [4.78, 5) is 3.44. The molecule has 0 aliphatic rings. The Bertz CT molecular complexity index is 236. The largest absolute Gasteiger partial charge is 0.433 e. The van der Waals surface area contributed by atoms with Gasteiger partial charge >= 0.3 is 6.18 Å². The molecule has 0 unspecified atom stereocenters. The Hall–Kier alpha value is -1.06. The quantitative estimate of drug-likeness (QED) is 0.478. The van der Waals surface area contributed by atoms with Crippen molar-refractivity contribution in [1.29, 1.82) is 0 Å². The van der Waals surface area contributed by atoms with Gasteiger partial charge in [0.25, 0.3) is 0 Å². The average Bonchev–Trinajstić information content (AvgIpc) is 2.01. The molecule has 0 saturated carbocycles. The average molecular weight is 191 g/mol. The minimum absolute atomic E-state index is 0.449. The summed E-state index contributed by atoms with van der Waals surface area (Å²) in [6.45, 7) is 6.51. The molecular formula is C9H12F3N. The second kappa shape index (κ2) is 4.84. The zero-order valence-electron chi connectivity index (χ0n) is 7.65. The van der Waals surface area contributed by atoms with Crippen LogP contribution < -0.4 is 0 Å². The van der Waals surface area contributed by atoms with Crippen LogP contribution in [0.2, 0.25) is 0 Å². The van der Waals surface area contributed by atoms with E-state index in [4.69, 9.17) is 0 Å². The number of halogens is 3.